The molecule has 1 fully saturated rings. The van der Waals surface area contributed by atoms with Crippen LogP contribution in [0.2, 0.25) is 0 Å². The molecule has 7 aliphatic carbocycles. The molecule has 2 heteroatoms. The maximum atomic E-state index is 8.04. The molecule has 0 saturated heterocycles. The summed E-state index contributed by atoms with van der Waals surface area (Å²) in [5.41, 5.74) is 11.1. The Balaban J connectivity index is 1.38. The van der Waals surface area contributed by atoms with Gasteiger partial charge in [-0.1, -0.05) is 120 Å². The average molecular weight is 517 g/mol. The first-order valence-electron chi connectivity index (χ1n) is 14.6. The smallest absolute Gasteiger partial charge is 0.0216 e. The topological polar surface area (TPSA) is 47.7 Å². The van der Waals surface area contributed by atoms with Gasteiger partial charge in [-0.25, -0.2) is 0 Å². The molecule has 6 atom stereocenters. The number of hydrogen-bond donors (Lipinski definition) is 2. The van der Waals surface area contributed by atoms with Crippen molar-refractivity contribution in [2.75, 3.05) is 0 Å². The average Bonchev–Trinajstić information content (AvgIpc) is 3.36. The van der Waals surface area contributed by atoms with Crippen molar-refractivity contribution in [3.8, 4) is 0 Å². The van der Waals surface area contributed by atoms with E-state index >= 15 is 0 Å². The van der Waals surface area contributed by atoms with E-state index in [4.69, 9.17) is 10.8 Å². The summed E-state index contributed by atoms with van der Waals surface area (Å²) in [5.74, 6) is 1.93. The fraction of sp³-hybridized carbons (Fsp3) is 0.211. The minimum Gasteiger partial charge on any atom is -0.308 e. The molecule has 6 unspecified atom stereocenters. The Morgan fingerprint density at radius 3 is 2.00 bits per heavy atom. The molecule has 0 aliphatic heterocycles. The molecule has 1 aromatic rings. The van der Waals surface area contributed by atoms with Crippen LogP contribution in [0.5, 0.6) is 0 Å². The summed E-state index contributed by atoms with van der Waals surface area (Å²) in [4.78, 5) is 0. The Labute approximate surface area is 235 Å². The predicted molar refractivity (Wildman–Crippen MR) is 165 cm³/mol. The zero-order valence-electron chi connectivity index (χ0n) is 22.4. The summed E-state index contributed by atoms with van der Waals surface area (Å²) in [6, 6.07) is 8.71. The first kappa shape index (κ1) is 23.6. The van der Waals surface area contributed by atoms with Gasteiger partial charge in [-0.2, -0.15) is 0 Å². The van der Waals surface area contributed by atoms with Crippen molar-refractivity contribution in [2.24, 2.45) is 35.5 Å². The van der Waals surface area contributed by atoms with Crippen LogP contribution >= 0.6 is 0 Å². The Bertz CT molecular complexity index is 1810. The molecule has 0 heterocycles. The fourth-order valence-electron chi connectivity index (χ4n) is 8.44. The largest absolute Gasteiger partial charge is 0.308 e. The van der Waals surface area contributed by atoms with Gasteiger partial charge in [-0.3, -0.25) is 0 Å². The van der Waals surface area contributed by atoms with Gasteiger partial charge in [0.2, 0.25) is 0 Å². The summed E-state index contributed by atoms with van der Waals surface area (Å²) in [7, 11) is 0. The Morgan fingerprint density at radius 2 is 1.25 bits per heavy atom. The van der Waals surface area contributed by atoms with E-state index in [0.717, 1.165) is 24.0 Å². The van der Waals surface area contributed by atoms with Gasteiger partial charge in [-0.05, 0) is 56.7 Å². The van der Waals surface area contributed by atoms with Crippen LogP contribution < -0.4 is 10.4 Å². The van der Waals surface area contributed by atoms with Crippen LogP contribution in [0.1, 0.15) is 12.8 Å². The molecular formula is C38H32N2. The second-order valence-electron chi connectivity index (χ2n) is 11.8. The second-order valence-corrected chi connectivity index (χ2v) is 11.8. The molecule has 0 bridgehead atoms. The van der Waals surface area contributed by atoms with Gasteiger partial charge >= 0.3 is 0 Å². The van der Waals surface area contributed by atoms with Crippen molar-refractivity contribution >= 4 is 23.6 Å². The molecule has 194 valence electrons. The highest BCUT2D eigenvalue weighted by atomic mass is 14.5. The van der Waals surface area contributed by atoms with Gasteiger partial charge in [-0.15, -0.1) is 0 Å². The third kappa shape index (κ3) is 3.29. The molecule has 2 N–H and O–H groups in total. The van der Waals surface area contributed by atoms with Gasteiger partial charge < -0.3 is 10.8 Å². The van der Waals surface area contributed by atoms with Gasteiger partial charge in [0.15, 0.2) is 0 Å². The highest BCUT2D eigenvalue weighted by Gasteiger charge is 2.51. The lowest BCUT2D eigenvalue weighted by molar-refractivity contribution is 0.560. The lowest BCUT2D eigenvalue weighted by Crippen LogP contribution is -2.35. The summed E-state index contributed by atoms with van der Waals surface area (Å²) in [6.45, 7) is 0. The molecule has 1 aromatic carbocycles. The van der Waals surface area contributed by atoms with Crippen molar-refractivity contribution in [1.82, 2.24) is 0 Å². The zero-order chi connectivity index (χ0) is 26.8. The van der Waals surface area contributed by atoms with Crippen LogP contribution in [0.25, 0.3) is 11.1 Å². The van der Waals surface area contributed by atoms with E-state index < -0.39 is 0 Å². The second kappa shape index (κ2) is 9.13. The molecule has 8 rings (SSSR count). The summed E-state index contributed by atoms with van der Waals surface area (Å²) in [6.07, 6.45) is 37.4. The van der Waals surface area contributed by atoms with Crippen molar-refractivity contribution in [1.29, 1.82) is 10.8 Å². The van der Waals surface area contributed by atoms with E-state index in [1.165, 1.54) is 38.9 Å². The maximum absolute atomic E-state index is 8.04. The van der Waals surface area contributed by atoms with Crippen LogP contribution in [0.4, 0.5) is 0 Å². The van der Waals surface area contributed by atoms with Crippen molar-refractivity contribution in [3.05, 3.63) is 153 Å². The van der Waals surface area contributed by atoms with Crippen molar-refractivity contribution in [3.63, 3.8) is 0 Å². The van der Waals surface area contributed by atoms with Gasteiger partial charge in [0, 0.05) is 47.9 Å². The van der Waals surface area contributed by atoms with Gasteiger partial charge in [0.05, 0.1) is 0 Å². The number of hydrogen-bond acceptors (Lipinski definition) is 2. The lowest BCUT2D eigenvalue weighted by atomic mass is 9.66. The molecule has 0 radical (unpaired) electrons. The summed E-state index contributed by atoms with van der Waals surface area (Å²) < 4.78 is 0. The normalized spacial score (nSPS) is 32.4. The number of fused-ring (bicyclic) bond motifs is 5. The fourth-order valence-corrected chi connectivity index (χ4v) is 8.44. The minimum atomic E-state index is 0.222. The third-order valence-electron chi connectivity index (χ3n) is 10.1. The monoisotopic (exact) mass is 516 g/mol. The predicted octanol–water partition coefficient (Wildman–Crippen LogP) is 6.64. The first-order chi connectivity index (χ1) is 19.8. The van der Waals surface area contributed by atoms with Gasteiger partial charge in [0.1, 0.15) is 0 Å². The zero-order valence-corrected chi connectivity index (χ0v) is 22.4. The molecule has 0 spiro atoms. The molecule has 40 heavy (non-hydrogen) atoms. The number of benzene rings is 1. The van der Waals surface area contributed by atoms with E-state index in [-0.39, 0.29) is 11.8 Å². The van der Waals surface area contributed by atoms with Gasteiger partial charge in [0.25, 0.3) is 0 Å². The minimum absolute atomic E-state index is 0.222. The highest BCUT2D eigenvalue weighted by Crippen LogP contribution is 2.61. The maximum Gasteiger partial charge on any atom is 0.0216 e. The van der Waals surface area contributed by atoms with E-state index in [9.17, 15) is 0 Å². The Kier molecular flexibility index (Phi) is 5.38. The van der Waals surface area contributed by atoms with Crippen LogP contribution in [-0.2, 0) is 0 Å². The third-order valence-corrected chi connectivity index (χ3v) is 10.1. The highest BCUT2D eigenvalue weighted by molar-refractivity contribution is 6.01. The van der Waals surface area contributed by atoms with Crippen molar-refractivity contribution < 1.29 is 0 Å². The van der Waals surface area contributed by atoms with Crippen LogP contribution in [0.15, 0.2) is 143 Å². The molecular weight excluding hydrogens is 484 g/mol. The Morgan fingerprint density at radius 1 is 0.575 bits per heavy atom. The van der Waals surface area contributed by atoms with E-state index in [1.54, 1.807) is 17.4 Å². The summed E-state index contributed by atoms with van der Waals surface area (Å²) in [5, 5.41) is 18.6. The van der Waals surface area contributed by atoms with Crippen LogP contribution in [0, 0.1) is 46.3 Å². The molecule has 7 aliphatic rings. The van der Waals surface area contributed by atoms with E-state index in [1.807, 2.05) is 0 Å². The SMILES string of the molecule is N=CC1=CC=C(C2=CC=C(C3=c4ccccc4=C(C=N)CC3)C3C4=CC=CC5C=CC=C(C45)C23)C2C=CC=CC12. The molecule has 0 amide bonds. The van der Waals surface area contributed by atoms with E-state index in [0.29, 0.717) is 23.7 Å². The van der Waals surface area contributed by atoms with Crippen molar-refractivity contribution in [2.45, 2.75) is 12.8 Å². The summed E-state index contributed by atoms with van der Waals surface area (Å²) >= 11 is 0. The van der Waals surface area contributed by atoms with E-state index in [2.05, 4.69) is 109 Å². The standard InChI is InChI=1S/C38H32N2/c39-21-24-15-17-30(28-11-3-1-9-26(24)28)32-19-20-33(31-18-16-25(22-40)27-10-2-4-12-29(27)31)38-35-14-6-8-23-7-5-13-34(36(23)35)37(32)38/h1-15,17,19-23,26,28,36-40H,16,18H2. The number of allylic oxidation sites excluding steroid dienone is 20. The first-order valence-corrected chi connectivity index (χ1v) is 14.6. The van der Waals surface area contributed by atoms with Crippen LogP contribution in [0.3, 0.4) is 0 Å². The molecule has 1 saturated carbocycles. The Hall–Kier alpha value is -4.30. The molecule has 2 nitrogen and oxygen atoms in total. The molecule has 0 aromatic heterocycles. The van der Waals surface area contributed by atoms with Crippen LogP contribution in [-0.4, -0.2) is 12.4 Å². The lowest BCUT2D eigenvalue weighted by Gasteiger charge is -2.38. The number of nitrogens with one attached hydrogen (secondary N) is 2. The quantitative estimate of drug-likeness (QED) is 0.422. The number of rotatable bonds is 4.